The Hall–Kier alpha value is -0.580. The third kappa shape index (κ3) is 4.09. The van der Waals surface area contributed by atoms with Crippen molar-refractivity contribution in [2.24, 2.45) is 0 Å². The Labute approximate surface area is 88.6 Å². The summed E-state index contributed by atoms with van der Waals surface area (Å²) in [5, 5.41) is 0. The molecule has 0 amide bonds. The van der Waals surface area contributed by atoms with Gasteiger partial charge in [0.2, 0.25) is 0 Å². The van der Waals surface area contributed by atoms with Crippen molar-refractivity contribution in [2.45, 2.75) is 12.3 Å². The number of alkyl halides is 1. The van der Waals surface area contributed by atoms with Crippen LogP contribution in [0.4, 0.5) is 0 Å². The van der Waals surface area contributed by atoms with Crippen molar-refractivity contribution in [1.82, 2.24) is 9.97 Å². The highest BCUT2D eigenvalue weighted by Gasteiger charge is 1.99. The number of nitrogens with zero attached hydrogens (tertiary/aromatic N) is 1. The lowest BCUT2D eigenvalue weighted by Gasteiger charge is -2.01. The summed E-state index contributed by atoms with van der Waals surface area (Å²) < 4.78 is 10.2. The first kappa shape index (κ1) is 11.5. The van der Waals surface area contributed by atoms with Gasteiger partial charge in [0.05, 0.1) is 25.7 Å². The molecular formula is C9H15ClN2O2. The first-order valence-corrected chi connectivity index (χ1v) is 5.05. The lowest BCUT2D eigenvalue weighted by atomic mass is 10.4. The second-order valence-corrected chi connectivity index (χ2v) is 3.11. The fourth-order valence-electron chi connectivity index (χ4n) is 1.01. The number of rotatable bonds is 7. The Kier molecular flexibility index (Phi) is 5.59. The molecule has 14 heavy (non-hydrogen) atoms. The van der Waals surface area contributed by atoms with Gasteiger partial charge in [-0.25, -0.2) is 4.98 Å². The molecule has 1 rings (SSSR count). The van der Waals surface area contributed by atoms with Gasteiger partial charge >= 0.3 is 0 Å². The second kappa shape index (κ2) is 6.81. The molecule has 0 bridgehead atoms. The third-order valence-electron chi connectivity index (χ3n) is 1.74. The molecule has 0 aromatic carbocycles. The van der Waals surface area contributed by atoms with E-state index in [0.717, 1.165) is 17.9 Å². The van der Waals surface area contributed by atoms with Crippen LogP contribution in [0.5, 0.6) is 0 Å². The molecule has 0 aliphatic rings. The number of aromatic nitrogens is 2. The monoisotopic (exact) mass is 218 g/mol. The minimum absolute atomic E-state index is 0.470. The maximum atomic E-state index is 5.62. The Morgan fingerprint density at radius 3 is 2.93 bits per heavy atom. The van der Waals surface area contributed by atoms with E-state index in [1.807, 2.05) is 0 Å². The van der Waals surface area contributed by atoms with E-state index >= 15 is 0 Å². The number of H-pyrrole nitrogens is 1. The van der Waals surface area contributed by atoms with Crippen LogP contribution in [0.15, 0.2) is 6.20 Å². The van der Waals surface area contributed by atoms with Crippen molar-refractivity contribution in [3.05, 3.63) is 17.7 Å². The highest BCUT2D eigenvalue weighted by atomic mass is 35.5. The van der Waals surface area contributed by atoms with Crippen molar-refractivity contribution >= 4 is 11.6 Å². The average molecular weight is 219 g/mol. The van der Waals surface area contributed by atoms with E-state index in [4.69, 9.17) is 21.1 Å². The van der Waals surface area contributed by atoms with Crippen LogP contribution in [0.2, 0.25) is 0 Å². The van der Waals surface area contributed by atoms with Gasteiger partial charge in [0.25, 0.3) is 0 Å². The Bertz CT molecular complexity index is 253. The Balaban J connectivity index is 2.12. The number of nitrogens with one attached hydrogen (secondary N) is 1. The summed E-state index contributed by atoms with van der Waals surface area (Å²) in [5.74, 6) is 1.38. The van der Waals surface area contributed by atoms with Crippen LogP contribution >= 0.6 is 11.6 Å². The maximum Gasteiger partial charge on any atom is 0.108 e. The summed E-state index contributed by atoms with van der Waals surface area (Å²) >= 11 is 5.62. The van der Waals surface area contributed by atoms with E-state index in [9.17, 15) is 0 Å². The zero-order chi connectivity index (χ0) is 10.2. The maximum absolute atomic E-state index is 5.62. The van der Waals surface area contributed by atoms with Crippen LogP contribution in [0.25, 0.3) is 0 Å². The van der Waals surface area contributed by atoms with Crippen LogP contribution in [-0.4, -0.2) is 36.9 Å². The number of hydrogen-bond donors (Lipinski definition) is 1. The van der Waals surface area contributed by atoms with Crippen molar-refractivity contribution in [3.63, 3.8) is 0 Å². The van der Waals surface area contributed by atoms with Crippen molar-refractivity contribution in [1.29, 1.82) is 0 Å². The number of hydrogen-bond acceptors (Lipinski definition) is 3. The molecule has 0 radical (unpaired) electrons. The predicted octanol–water partition coefficient (Wildman–Crippen LogP) is 1.35. The summed E-state index contributed by atoms with van der Waals surface area (Å²) in [5.41, 5.74) is 0.943. The highest BCUT2D eigenvalue weighted by molar-refractivity contribution is 6.16. The lowest BCUT2D eigenvalue weighted by Crippen LogP contribution is -2.05. The number of ether oxygens (including phenoxy) is 2. The fourth-order valence-corrected chi connectivity index (χ4v) is 1.15. The van der Waals surface area contributed by atoms with Crippen LogP contribution < -0.4 is 0 Å². The van der Waals surface area contributed by atoms with Crippen molar-refractivity contribution in [3.8, 4) is 0 Å². The molecule has 0 atom stereocenters. The number of imidazole rings is 1. The SMILES string of the molecule is COCCOCCc1ncc(CCl)[nH]1. The van der Waals surface area contributed by atoms with E-state index in [1.165, 1.54) is 0 Å². The fraction of sp³-hybridized carbons (Fsp3) is 0.667. The molecule has 80 valence electrons. The smallest absolute Gasteiger partial charge is 0.108 e. The van der Waals surface area contributed by atoms with Gasteiger partial charge in [0.15, 0.2) is 0 Å². The minimum Gasteiger partial charge on any atom is -0.382 e. The molecule has 4 nitrogen and oxygen atoms in total. The van der Waals surface area contributed by atoms with Gasteiger partial charge in [-0.15, -0.1) is 11.6 Å². The number of halogens is 1. The second-order valence-electron chi connectivity index (χ2n) is 2.84. The number of aromatic amines is 1. The molecular weight excluding hydrogens is 204 g/mol. The van der Waals surface area contributed by atoms with E-state index in [2.05, 4.69) is 9.97 Å². The molecule has 0 saturated carbocycles. The molecule has 1 aromatic rings. The van der Waals surface area contributed by atoms with E-state index < -0.39 is 0 Å². The van der Waals surface area contributed by atoms with Gasteiger partial charge in [-0.1, -0.05) is 0 Å². The molecule has 0 aliphatic heterocycles. The van der Waals surface area contributed by atoms with Gasteiger partial charge in [0.1, 0.15) is 5.82 Å². The van der Waals surface area contributed by atoms with Gasteiger partial charge < -0.3 is 14.5 Å². The van der Waals surface area contributed by atoms with Gasteiger partial charge in [-0.2, -0.15) is 0 Å². The summed E-state index contributed by atoms with van der Waals surface area (Å²) in [7, 11) is 1.66. The first-order valence-electron chi connectivity index (χ1n) is 4.52. The molecule has 0 fully saturated rings. The topological polar surface area (TPSA) is 47.1 Å². The van der Waals surface area contributed by atoms with E-state index in [-0.39, 0.29) is 0 Å². The van der Waals surface area contributed by atoms with Crippen LogP contribution in [-0.2, 0) is 21.8 Å². The average Bonchev–Trinajstić information content (AvgIpc) is 2.65. The summed E-state index contributed by atoms with van der Waals surface area (Å²) in [4.78, 5) is 7.25. The molecule has 0 saturated heterocycles. The molecule has 1 aromatic heterocycles. The number of methoxy groups -OCH3 is 1. The molecule has 5 heteroatoms. The third-order valence-corrected chi connectivity index (χ3v) is 2.03. The normalized spacial score (nSPS) is 10.7. The van der Waals surface area contributed by atoms with Crippen LogP contribution in [0.3, 0.4) is 0 Å². The molecule has 0 unspecified atom stereocenters. The van der Waals surface area contributed by atoms with E-state index in [0.29, 0.717) is 25.7 Å². The summed E-state index contributed by atoms with van der Waals surface area (Å²) in [6.07, 6.45) is 2.53. The zero-order valence-electron chi connectivity index (χ0n) is 8.25. The van der Waals surface area contributed by atoms with Gasteiger partial charge in [-0.05, 0) is 0 Å². The summed E-state index contributed by atoms with van der Waals surface area (Å²) in [6.45, 7) is 1.91. The summed E-state index contributed by atoms with van der Waals surface area (Å²) in [6, 6.07) is 0. The standard InChI is InChI=1S/C9H15ClN2O2/c1-13-4-5-14-3-2-9-11-7-8(6-10)12-9/h7H,2-6H2,1H3,(H,11,12). The molecule has 0 aliphatic carbocycles. The molecule has 1 N–H and O–H groups in total. The van der Waals surface area contributed by atoms with Crippen molar-refractivity contribution < 1.29 is 9.47 Å². The van der Waals surface area contributed by atoms with Gasteiger partial charge in [-0.3, -0.25) is 0 Å². The largest absolute Gasteiger partial charge is 0.382 e. The Morgan fingerprint density at radius 1 is 1.43 bits per heavy atom. The van der Waals surface area contributed by atoms with Crippen LogP contribution in [0.1, 0.15) is 11.5 Å². The highest BCUT2D eigenvalue weighted by Crippen LogP contribution is 2.01. The molecule has 1 heterocycles. The Morgan fingerprint density at radius 2 is 2.29 bits per heavy atom. The molecule has 0 spiro atoms. The van der Waals surface area contributed by atoms with Crippen LogP contribution in [0, 0.1) is 0 Å². The zero-order valence-corrected chi connectivity index (χ0v) is 9.01. The predicted molar refractivity (Wildman–Crippen MR) is 54.5 cm³/mol. The minimum atomic E-state index is 0.470. The quantitative estimate of drug-likeness (QED) is 0.555. The first-order chi connectivity index (χ1) is 6.86. The van der Waals surface area contributed by atoms with Gasteiger partial charge in [0, 0.05) is 25.4 Å². The van der Waals surface area contributed by atoms with E-state index in [1.54, 1.807) is 13.3 Å². The van der Waals surface area contributed by atoms with Crippen molar-refractivity contribution in [2.75, 3.05) is 26.9 Å². The lowest BCUT2D eigenvalue weighted by molar-refractivity contribution is 0.0717.